The minimum atomic E-state index is -0.866. The first-order chi connectivity index (χ1) is 13.0. The largest absolute Gasteiger partial charge is 0.465 e. The van der Waals surface area contributed by atoms with Crippen molar-refractivity contribution >= 4 is 29.0 Å². The van der Waals surface area contributed by atoms with E-state index >= 15 is 0 Å². The molecule has 0 bridgehead atoms. The van der Waals surface area contributed by atoms with E-state index < -0.39 is 6.09 Å². The van der Waals surface area contributed by atoms with Crippen LogP contribution in [-0.2, 0) is 13.6 Å². The minimum absolute atomic E-state index is 0.175. The van der Waals surface area contributed by atoms with Gasteiger partial charge in [-0.25, -0.2) is 19.7 Å². The van der Waals surface area contributed by atoms with Crippen molar-refractivity contribution in [2.24, 2.45) is 7.05 Å². The summed E-state index contributed by atoms with van der Waals surface area (Å²) in [5.41, 5.74) is 3.55. The number of nitrogens with zero attached hydrogens (tertiary/aromatic N) is 7. The van der Waals surface area contributed by atoms with Gasteiger partial charge in [0.15, 0.2) is 5.65 Å². The minimum Gasteiger partial charge on any atom is -0.465 e. The van der Waals surface area contributed by atoms with Gasteiger partial charge in [-0.2, -0.15) is 5.10 Å². The zero-order valence-electron chi connectivity index (χ0n) is 15.5. The van der Waals surface area contributed by atoms with Crippen LogP contribution in [0.2, 0.25) is 0 Å². The van der Waals surface area contributed by atoms with E-state index in [2.05, 4.69) is 22.0 Å². The number of imidazole rings is 1. The van der Waals surface area contributed by atoms with Crippen molar-refractivity contribution in [1.29, 1.82) is 0 Å². The van der Waals surface area contributed by atoms with E-state index in [1.165, 1.54) is 4.90 Å². The highest BCUT2D eigenvalue weighted by Crippen LogP contribution is 2.34. The van der Waals surface area contributed by atoms with Crippen LogP contribution in [0.1, 0.15) is 19.0 Å². The Hall–Kier alpha value is -2.62. The van der Waals surface area contributed by atoms with E-state index in [1.54, 1.807) is 18.1 Å². The van der Waals surface area contributed by atoms with Crippen molar-refractivity contribution in [3.63, 3.8) is 0 Å². The summed E-state index contributed by atoms with van der Waals surface area (Å²) in [5, 5.41) is 14.5. The summed E-state index contributed by atoms with van der Waals surface area (Å²) in [6.45, 7) is 5.96. The lowest BCUT2D eigenvalue weighted by Crippen LogP contribution is -2.27. The lowest BCUT2D eigenvalue weighted by atomic mass is 10.2. The monoisotopic (exact) mass is 387 g/mol. The molecule has 0 spiro atoms. The number of carboxylic acid groups (broad SMARTS) is 1. The molecule has 1 aliphatic heterocycles. The van der Waals surface area contributed by atoms with Gasteiger partial charge in [0, 0.05) is 37.6 Å². The Bertz CT molecular complexity index is 1010. The van der Waals surface area contributed by atoms with E-state index in [-0.39, 0.29) is 5.25 Å². The van der Waals surface area contributed by atoms with Crippen LogP contribution in [0, 0.1) is 6.92 Å². The summed E-state index contributed by atoms with van der Waals surface area (Å²) in [6.07, 6.45) is 3.32. The molecule has 0 aliphatic carbocycles. The van der Waals surface area contributed by atoms with Crippen LogP contribution in [0.4, 0.5) is 4.79 Å². The SMILES string of the molecule is CCn1ncc(-c2nc3c(SC4CCN(C(=O)O)C4)ncnc3n2C)c1C. The molecule has 1 atom stereocenters. The second-order valence-corrected chi connectivity index (χ2v) is 7.85. The molecule has 3 aromatic heterocycles. The van der Waals surface area contributed by atoms with Crippen LogP contribution in [0.25, 0.3) is 22.6 Å². The fraction of sp³-hybridized carbons (Fsp3) is 0.471. The summed E-state index contributed by atoms with van der Waals surface area (Å²) >= 11 is 1.58. The molecule has 1 fully saturated rings. The molecule has 1 aliphatic rings. The zero-order valence-corrected chi connectivity index (χ0v) is 16.3. The number of likely N-dealkylation sites (tertiary alicyclic amines) is 1. The Morgan fingerprint density at radius 3 is 2.89 bits per heavy atom. The second kappa shape index (κ2) is 6.84. The average Bonchev–Trinajstić information content (AvgIpc) is 3.34. The van der Waals surface area contributed by atoms with Crippen LogP contribution in [-0.4, -0.2) is 63.7 Å². The quantitative estimate of drug-likeness (QED) is 0.686. The molecule has 142 valence electrons. The molecular formula is C17H21N7O2S. The third kappa shape index (κ3) is 3.03. The first-order valence-corrected chi connectivity index (χ1v) is 9.72. The van der Waals surface area contributed by atoms with E-state index in [0.717, 1.165) is 46.2 Å². The van der Waals surface area contributed by atoms with Gasteiger partial charge in [0.05, 0.1) is 11.8 Å². The van der Waals surface area contributed by atoms with Gasteiger partial charge in [-0.05, 0) is 20.3 Å². The highest BCUT2D eigenvalue weighted by atomic mass is 32.2. The normalized spacial score (nSPS) is 17.1. The number of fused-ring (bicyclic) bond motifs is 1. The van der Waals surface area contributed by atoms with Gasteiger partial charge in [0.25, 0.3) is 0 Å². The van der Waals surface area contributed by atoms with Gasteiger partial charge in [0.2, 0.25) is 0 Å². The Labute approximate surface area is 160 Å². The van der Waals surface area contributed by atoms with Crippen LogP contribution < -0.4 is 0 Å². The van der Waals surface area contributed by atoms with Crippen molar-refractivity contribution in [2.75, 3.05) is 13.1 Å². The Balaban J connectivity index is 1.70. The summed E-state index contributed by atoms with van der Waals surface area (Å²) in [7, 11) is 1.94. The number of carbonyl (C=O) groups is 1. The molecule has 10 heteroatoms. The first-order valence-electron chi connectivity index (χ1n) is 8.84. The van der Waals surface area contributed by atoms with E-state index in [4.69, 9.17) is 10.1 Å². The lowest BCUT2D eigenvalue weighted by molar-refractivity contribution is 0.156. The molecule has 9 nitrogen and oxygen atoms in total. The fourth-order valence-corrected chi connectivity index (χ4v) is 4.60. The molecule has 1 saturated heterocycles. The Morgan fingerprint density at radius 2 is 2.22 bits per heavy atom. The van der Waals surface area contributed by atoms with Gasteiger partial charge < -0.3 is 14.6 Å². The Morgan fingerprint density at radius 1 is 1.41 bits per heavy atom. The third-order valence-corrected chi connectivity index (χ3v) is 6.20. The van der Waals surface area contributed by atoms with Gasteiger partial charge >= 0.3 is 6.09 Å². The number of aryl methyl sites for hydroxylation is 2. The number of amides is 1. The standard InChI is InChI=1S/C17H21N7O2S/c1-4-24-10(2)12(7-20-24)14-21-13-15(22(14)3)18-9-19-16(13)27-11-5-6-23(8-11)17(25)26/h7,9,11H,4-6,8H2,1-3H3,(H,25,26). The maximum absolute atomic E-state index is 11.1. The molecule has 3 aromatic rings. The van der Waals surface area contributed by atoms with Crippen molar-refractivity contribution < 1.29 is 9.90 Å². The van der Waals surface area contributed by atoms with Crippen molar-refractivity contribution in [3.05, 3.63) is 18.2 Å². The first kappa shape index (κ1) is 17.8. The molecular weight excluding hydrogens is 366 g/mol. The highest BCUT2D eigenvalue weighted by molar-refractivity contribution is 8.00. The predicted molar refractivity (Wildman–Crippen MR) is 102 cm³/mol. The number of hydrogen-bond acceptors (Lipinski definition) is 6. The number of aromatic nitrogens is 6. The molecule has 1 unspecified atom stereocenters. The molecule has 4 heterocycles. The van der Waals surface area contributed by atoms with Gasteiger partial charge in [-0.15, -0.1) is 0 Å². The van der Waals surface area contributed by atoms with E-state index in [9.17, 15) is 4.79 Å². The van der Waals surface area contributed by atoms with Crippen molar-refractivity contribution in [2.45, 2.75) is 37.1 Å². The fourth-order valence-electron chi connectivity index (χ4n) is 3.45. The molecule has 4 rings (SSSR count). The molecule has 0 radical (unpaired) electrons. The highest BCUT2D eigenvalue weighted by Gasteiger charge is 2.28. The predicted octanol–water partition coefficient (Wildman–Crippen LogP) is 2.40. The Kier molecular flexibility index (Phi) is 4.50. The van der Waals surface area contributed by atoms with Crippen LogP contribution in [0.3, 0.4) is 0 Å². The number of thioether (sulfide) groups is 1. The summed E-state index contributed by atoms with van der Waals surface area (Å²) in [6, 6.07) is 0. The summed E-state index contributed by atoms with van der Waals surface area (Å²) in [4.78, 5) is 26.2. The molecule has 27 heavy (non-hydrogen) atoms. The average molecular weight is 387 g/mol. The lowest BCUT2D eigenvalue weighted by Gasteiger charge is -2.11. The number of hydrogen-bond donors (Lipinski definition) is 1. The van der Waals surface area contributed by atoms with Crippen LogP contribution in [0.5, 0.6) is 0 Å². The van der Waals surface area contributed by atoms with Gasteiger partial charge in [-0.1, -0.05) is 11.8 Å². The number of rotatable bonds is 4. The maximum Gasteiger partial charge on any atom is 0.407 e. The summed E-state index contributed by atoms with van der Waals surface area (Å²) in [5.74, 6) is 0.808. The molecule has 1 amide bonds. The maximum atomic E-state index is 11.1. The third-order valence-electron chi connectivity index (χ3n) is 4.96. The van der Waals surface area contributed by atoms with Crippen LogP contribution >= 0.6 is 11.8 Å². The molecule has 0 aromatic carbocycles. The molecule has 1 N–H and O–H groups in total. The summed E-state index contributed by atoms with van der Waals surface area (Å²) < 4.78 is 3.90. The van der Waals surface area contributed by atoms with Gasteiger partial charge in [-0.3, -0.25) is 4.68 Å². The molecule has 0 saturated carbocycles. The van der Waals surface area contributed by atoms with Gasteiger partial charge in [0.1, 0.15) is 22.7 Å². The van der Waals surface area contributed by atoms with Crippen molar-refractivity contribution in [1.82, 2.24) is 34.2 Å². The topological polar surface area (TPSA) is 102 Å². The van der Waals surface area contributed by atoms with E-state index in [1.807, 2.05) is 29.4 Å². The smallest absolute Gasteiger partial charge is 0.407 e. The second-order valence-electron chi connectivity index (χ2n) is 6.56. The zero-order chi connectivity index (χ0) is 19.1. The van der Waals surface area contributed by atoms with E-state index in [0.29, 0.717) is 13.1 Å². The van der Waals surface area contributed by atoms with Crippen LogP contribution in [0.15, 0.2) is 17.6 Å². The van der Waals surface area contributed by atoms with Crippen molar-refractivity contribution in [3.8, 4) is 11.4 Å².